The molecule has 1 aromatic carbocycles. The third kappa shape index (κ3) is 3.97. The quantitative estimate of drug-likeness (QED) is 0.753. The molecule has 4 rings (SSSR count). The molecule has 140 valence electrons. The number of hydrogen-bond acceptors (Lipinski definition) is 7. The Morgan fingerprint density at radius 2 is 2.15 bits per heavy atom. The van der Waals surface area contributed by atoms with Crippen LogP contribution in [0, 0.1) is 6.92 Å². The summed E-state index contributed by atoms with van der Waals surface area (Å²) >= 11 is 0. The zero-order valence-electron chi connectivity index (χ0n) is 15.0. The van der Waals surface area contributed by atoms with Gasteiger partial charge in [-0.25, -0.2) is 4.79 Å². The Labute approximate surface area is 155 Å². The minimum atomic E-state index is -0.167. The van der Waals surface area contributed by atoms with Crippen LogP contribution < -0.4 is 5.32 Å². The molecule has 0 spiro atoms. The first kappa shape index (κ1) is 17.2. The van der Waals surface area contributed by atoms with Crippen molar-refractivity contribution in [3.05, 3.63) is 47.9 Å². The third-order valence-electron chi connectivity index (χ3n) is 4.50. The van der Waals surface area contributed by atoms with Crippen molar-refractivity contribution in [2.24, 2.45) is 0 Å². The number of carbonyl (C=O) groups excluding carboxylic acids is 1. The molecule has 9 nitrogen and oxygen atoms in total. The van der Waals surface area contributed by atoms with E-state index in [0.717, 1.165) is 18.4 Å². The van der Waals surface area contributed by atoms with E-state index in [-0.39, 0.29) is 18.5 Å². The summed E-state index contributed by atoms with van der Waals surface area (Å²) in [5.41, 5.74) is 0.844. The Bertz CT molecular complexity index is 907. The van der Waals surface area contributed by atoms with Crippen molar-refractivity contribution in [1.82, 2.24) is 30.6 Å². The first-order valence-corrected chi connectivity index (χ1v) is 8.90. The summed E-state index contributed by atoms with van der Waals surface area (Å²) in [5.74, 6) is 2.09. The second-order valence-corrected chi connectivity index (χ2v) is 6.48. The van der Waals surface area contributed by atoms with Gasteiger partial charge in [-0.1, -0.05) is 23.4 Å². The lowest BCUT2D eigenvalue weighted by Crippen LogP contribution is -2.44. The van der Waals surface area contributed by atoms with Crippen LogP contribution in [-0.2, 0) is 6.54 Å². The van der Waals surface area contributed by atoms with Crippen molar-refractivity contribution < 1.29 is 13.7 Å². The Kier molecular flexibility index (Phi) is 4.82. The first-order chi connectivity index (χ1) is 13.2. The van der Waals surface area contributed by atoms with Gasteiger partial charge in [-0.2, -0.15) is 4.98 Å². The molecule has 27 heavy (non-hydrogen) atoms. The molecule has 1 atom stereocenters. The smallest absolute Gasteiger partial charge is 0.317 e. The van der Waals surface area contributed by atoms with Crippen LogP contribution >= 0.6 is 0 Å². The van der Waals surface area contributed by atoms with Crippen LogP contribution in [0.3, 0.4) is 0 Å². The highest BCUT2D eigenvalue weighted by Gasteiger charge is 2.27. The second kappa shape index (κ2) is 7.56. The molecule has 1 unspecified atom stereocenters. The standard InChI is InChI=1S/C18H20N6O3/c1-12-20-16(23-27-12)14-8-5-9-24(11-14)18(25)19-10-15-21-22-17(26-15)13-6-3-2-4-7-13/h2-4,6-7,14H,5,8-11H2,1H3,(H,19,25). The Balaban J connectivity index is 1.33. The third-order valence-corrected chi connectivity index (χ3v) is 4.50. The lowest BCUT2D eigenvalue weighted by Gasteiger charge is -2.31. The Hall–Kier alpha value is -3.23. The van der Waals surface area contributed by atoms with E-state index in [2.05, 4.69) is 25.7 Å². The van der Waals surface area contributed by atoms with E-state index in [1.807, 2.05) is 30.3 Å². The van der Waals surface area contributed by atoms with Crippen molar-refractivity contribution >= 4 is 6.03 Å². The summed E-state index contributed by atoms with van der Waals surface area (Å²) in [6.45, 7) is 3.20. The molecule has 1 saturated heterocycles. The largest absolute Gasteiger partial charge is 0.419 e. The van der Waals surface area contributed by atoms with E-state index in [0.29, 0.717) is 36.6 Å². The van der Waals surface area contributed by atoms with Gasteiger partial charge in [0.1, 0.15) is 0 Å². The first-order valence-electron chi connectivity index (χ1n) is 8.90. The number of likely N-dealkylation sites (tertiary alicyclic amines) is 1. The average molecular weight is 368 g/mol. The van der Waals surface area contributed by atoms with E-state index < -0.39 is 0 Å². The molecule has 0 bridgehead atoms. The lowest BCUT2D eigenvalue weighted by atomic mass is 9.98. The number of benzene rings is 1. The highest BCUT2D eigenvalue weighted by molar-refractivity contribution is 5.74. The maximum absolute atomic E-state index is 12.5. The monoisotopic (exact) mass is 368 g/mol. The molecule has 1 fully saturated rings. The molecule has 3 aromatic rings. The highest BCUT2D eigenvalue weighted by atomic mass is 16.5. The van der Waals surface area contributed by atoms with Gasteiger partial charge in [-0.05, 0) is 25.0 Å². The number of rotatable bonds is 4. The van der Waals surface area contributed by atoms with E-state index in [1.54, 1.807) is 11.8 Å². The van der Waals surface area contributed by atoms with Gasteiger partial charge in [0.15, 0.2) is 5.82 Å². The van der Waals surface area contributed by atoms with Gasteiger partial charge < -0.3 is 19.2 Å². The molecule has 0 aliphatic carbocycles. The zero-order chi connectivity index (χ0) is 18.6. The number of amides is 2. The van der Waals surface area contributed by atoms with Crippen molar-refractivity contribution in [1.29, 1.82) is 0 Å². The van der Waals surface area contributed by atoms with E-state index in [1.165, 1.54) is 0 Å². The molecule has 1 N–H and O–H groups in total. The number of aryl methyl sites for hydroxylation is 1. The van der Waals surface area contributed by atoms with Gasteiger partial charge in [0, 0.05) is 31.5 Å². The number of hydrogen-bond donors (Lipinski definition) is 1. The fourth-order valence-corrected chi connectivity index (χ4v) is 3.14. The number of urea groups is 1. The van der Waals surface area contributed by atoms with Crippen LogP contribution in [0.4, 0.5) is 4.79 Å². The second-order valence-electron chi connectivity index (χ2n) is 6.48. The highest BCUT2D eigenvalue weighted by Crippen LogP contribution is 2.25. The van der Waals surface area contributed by atoms with E-state index in [4.69, 9.17) is 8.94 Å². The molecule has 2 amide bonds. The Morgan fingerprint density at radius 1 is 1.30 bits per heavy atom. The fourth-order valence-electron chi connectivity index (χ4n) is 3.14. The molecular weight excluding hydrogens is 348 g/mol. The maximum atomic E-state index is 12.5. The number of nitrogens with one attached hydrogen (secondary N) is 1. The maximum Gasteiger partial charge on any atom is 0.317 e. The van der Waals surface area contributed by atoms with E-state index >= 15 is 0 Å². The summed E-state index contributed by atoms with van der Waals surface area (Å²) in [7, 11) is 0. The molecule has 0 saturated carbocycles. The summed E-state index contributed by atoms with van der Waals surface area (Å²) in [5, 5.41) is 14.8. The molecule has 2 aromatic heterocycles. The van der Waals surface area contributed by atoms with Crippen LogP contribution in [0.1, 0.15) is 36.4 Å². The number of carbonyl (C=O) groups is 1. The van der Waals surface area contributed by atoms with Gasteiger partial charge in [-0.15, -0.1) is 10.2 Å². The van der Waals surface area contributed by atoms with Gasteiger partial charge in [-0.3, -0.25) is 0 Å². The van der Waals surface area contributed by atoms with Gasteiger partial charge in [0.25, 0.3) is 0 Å². The summed E-state index contributed by atoms with van der Waals surface area (Å²) in [6.07, 6.45) is 1.83. The van der Waals surface area contributed by atoms with Gasteiger partial charge in [0.2, 0.25) is 17.7 Å². The lowest BCUT2D eigenvalue weighted by molar-refractivity contribution is 0.176. The summed E-state index contributed by atoms with van der Waals surface area (Å²) in [6, 6.07) is 9.34. The van der Waals surface area contributed by atoms with Crippen LogP contribution in [-0.4, -0.2) is 44.4 Å². The SMILES string of the molecule is Cc1nc(C2CCCN(C(=O)NCc3nnc(-c4ccccc4)o3)C2)no1. The molecule has 1 aliphatic rings. The number of nitrogens with zero attached hydrogens (tertiary/aromatic N) is 5. The summed E-state index contributed by atoms with van der Waals surface area (Å²) in [4.78, 5) is 18.5. The average Bonchev–Trinajstić information content (AvgIpc) is 3.36. The van der Waals surface area contributed by atoms with E-state index in [9.17, 15) is 4.79 Å². The zero-order valence-corrected chi connectivity index (χ0v) is 15.0. The van der Waals surface area contributed by atoms with Crippen molar-refractivity contribution in [3.8, 4) is 11.5 Å². The minimum Gasteiger partial charge on any atom is -0.419 e. The predicted octanol–water partition coefficient (Wildman–Crippen LogP) is 2.52. The van der Waals surface area contributed by atoms with Crippen LogP contribution in [0.25, 0.3) is 11.5 Å². The molecule has 1 aliphatic heterocycles. The van der Waals surface area contributed by atoms with Crippen LogP contribution in [0.15, 0.2) is 39.3 Å². The minimum absolute atomic E-state index is 0.0926. The molecule has 9 heteroatoms. The van der Waals surface area contributed by atoms with Crippen molar-refractivity contribution in [3.63, 3.8) is 0 Å². The topological polar surface area (TPSA) is 110 Å². The Morgan fingerprint density at radius 3 is 2.93 bits per heavy atom. The fraction of sp³-hybridized carbons (Fsp3) is 0.389. The van der Waals surface area contributed by atoms with Crippen molar-refractivity contribution in [2.75, 3.05) is 13.1 Å². The van der Waals surface area contributed by atoms with Gasteiger partial charge >= 0.3 is 6.03 Å². The number of aromatic nitrogens is 4. The number of piperidine rings is 1. The van der Waals surface area contributed by atoms with Crippen molar-refractivity contribution in [2.45, 2.75) is 32.2 Å². The predicted molar refractivity (Wildman–Crippen MR) is 94.6 cm³/mol. The molecule has 3 heterocycles. The molecule has 0 radical (unpaired) electrons. The van der Waals surface area contributed by atoms with Gasteiger partial charge in [0.05, 0.1) is 6.54 Å². The van der Waals surface area contributed by atoms with Crippen LogP contribution in [0.2, 0.25) is 0 Å². The molecular formula is C18H20N6O3. The van der Waals surface area contributed by atoms with Crippen LogP contribution in [0.5, 0.6) is 0 Å². The summed E-state index contributed by atoms with van der Waals surface area (Å²) < 4.78 is 10.7. The normalized spacial score (nSPS) is 17.1.